The van der Waals surface area contributed by atoms with E-state index in [2.05, 4.69) is 11.4 Å². The second-order valence-corrected chi connectivity index (χ2v) is 9.22. The van der Waals surface area contributed by atoms with Gasteiger partial charge in [-0.3, -0.25) is 14.4 Å². The van der Waals surface area contributed by atoms with Crippen molar-refractivity contribution in [1.82, 2.24) is 9.80 Å². The third-order valence-electron chi connectivity index (χ3n) is 7.00. The molecule has 2 aromatic carbocycles. The minimum atomic E-state index is -3.12. The first kappa shape index (κ1) is 21.5. The van der Waals surface area contributed by atoms with Crippen molar-refractivity contribution in [3.8, 4) is 6.07 Å². The minimum Gasteiger partial charge on any atom is -0.378 e. The number of nitriles is 1. The number of para-hydroxylation sites is 1. The van der Waals surface area contributed by atoms with Crippen molar-refractivity contribution in [2.75, 3.05) is 18.8 Å². The number of amides is 3. The molecule has 0 saturated carbocycles. The molecule has 0 aliphatic carbocycles. The molecule has 0 bridgehead atoms. The van der Waals surface area contributed by atoms with Crippen molar-refractivity contribution in [3.63, 3.8) is 0 Å². The van der Waals surface area contributed by atoms with Gasteiger partial charge in [-0.05, 0) is 35.7 Å². The van der Waals surface area contributed by atoms with E-state index in [1.165, 1.54) is 4.90 Å². The van der Waals surface area contributed by atoms with Crippen LogP contribution in [-0.2, 0) is 19.8 Å². The van der Waals surface area contributed by atoms with E-state index in [1.54, 1.807) is 24.3 Å². The zero-order valence-electron chi connectivity index (χ0n) is 22.8. The minimum absolute atomic E-state index is 0.0124. The summed E-state index contributed by atoms with van der Waals surface area (Å²) in [4.78, 5) is 42.2. The molecule has 2 aliphatic heterocycles. The fourth-order valence-corrected chi connectivity index (χ4v) is 5.01. The number of unbranched alkanes of at least 4 members (excludes halogenated alkanes) is 1. The van der Waals surface area contributed by atoms with Crippen LogP contribution >= 0.6 is 0 Å². The highest BCUT2D eigenvalue weighted by atomic mass is 19.1. The SMILES string of the molecule is [2H]C([2H])([2H])N(C(=O)[C@H](O)c1ccc(F)cc1)[C@@H](CCCC)C(=O)N1C[C@]2(C[C@H]1C#N)C(=O)Nc1ccccc12. The molecule has 1 fully saturated rings. The largest absolute Gasteiger partial charge is 0.378 e. The van der Waals surface area contributed by atoms with Gasteiger partial charge in [0, 0.05) is 29.7 Å². The number of rotatable bonds is 7. The number of carbonyl (C=O) groups is 3. The molecule has 2 N–H and O–H groups in total. The number of hydrogen-bond acceptors (Lipinski definition) is 5. The maximum Gasteiger partial charge on any atom is 0.256 e. The Hall–Kier alpha value is -3.77. The molecular formula is C27H29FN4O4. The first-order valence-corrected chi connectivity index (χ1v) is 11.8. The second-order valence-electron chi connectivity index (χ2n) is 9.22. The number of likely N-dealkylation sites (tertiary alicyclic amines) is 1. The van der Waals surface area contributed by atoms with Gasteiger partial charge >= 0.3 is 0 Å². The highest BCUT2D eigenvalue weighted by Crippen LogP contribution is 2.46. The normalized spacial score (nSPS) is 23.6. The summed E-state index contributed by atoms with van der Waals surface area (Å²) in [6.45, 7) is -1.46. The van der Waals surface area contributed by atoms with Gasteiger partial charge in [-0.25, -0.2) is 4.39 Å². The van der Waals surface area contributed by atoms with Crippen LogP contribution in [0.5, 0.6) is 0 Å². The number of carbonyl (C=O) groups excluding carboxylic acids is 3. The van der Waals surface area contributed by atoms with Crippen LogP contribution in [0, 0.1) is 17.1 Å². The van der Waals surface area contributed by atoms with Crippen molar-refractivity contribution >= 4 is 23.4 Å². The van der Waals surface area contributed by atoms with Crippen LogP contribution in [0.4, 0.5) is 10.1 Å². The Labute approximate surface area is 213 Å². The Morgan fingerprint density at radius 2 is 2.06 bits per heavy atom. The molecule has 1 saturated heterocycles. The smallest absolute Gasteiger partial charge is 0.256 e. The second kappa shape index (κ2) is 10.1. The maximum atomic E-state index is 14.0. The van der Waals surface area contributed by atoms with Gasteiger partial charge in [0.15, 0.2) is 6.10 Å². The molecule has 4 rings (SSSR count). The van der Waals surface area contributed by atoms with Crippen LogP contribution in [0.3, 0.4) is 0 Å². The molecule has 0 radical (unpaired) electrons. The number of anilines is 1. The van der Waals surface area contributed by atoms with Gasteiger partial charge in [0.25, 0.3) is 5.91 Å². The molecule has 36 heavy (non-hydrogen) atoms. The first-order valence-electron chi connectivity index (χ1n) is 13.3. The first-order chi connectivity index (χ1) is 18.4. The molecule has 3 amide bonds. The molecule has 2 aliphatic rings. The predicted molar refractivity (Wildman–Crippen MR) is 130 cm³/mol. The van der Waals surface area contributed by atoms with Gasteiger partial charge in [0.1, 0.15) is 17.9 Å². The summed E-state index contributed by atoms with van der Waals surface area (Å²) in [5.41, 5.74) is 0.000186. The van der Waals surface area contributed by atoms with E-state index in [-0.39, 0.29) is 30.9 Å². The Kier molecular flexibility index (Phi) is 6.02. The number of benzene rings is 2. The fourth-order valence-electron chi connectivity index (χ4n) is 5.01. The van der Waals surface area contributed by atoms with Gasteiger partial charge in [-0.1, -0.05) is 50.1 Å². The molecule has 0 unspecified atom stereocenters. The molecule has 4 atom stereocenters. The van der Waals surface area contributed by atoms with Gasteiger partial charge < -0.3 is 20.2 Å². The van der Waals surface area contributed by atoms with Gasteiger partial charge in [0.05, 0.1) is 11.5 Å². The predicted octanol–water partition coefficient (Wildman–Crippen LogP) is 2.89. The monoisotopic (exact) mass is 495 g/mol. The molecule has 2 heterocycles. The number of halogens is 1. The van der Waals surface area contributed by atoms with Crippen molar-refractivity contribution in [3.05, 3.63) is 65.5 Å². The van der Waals surface area contributed by atoms with Gasteiger partial charge in [-0.2, -0.15) is 5.26 Å². The lowest BCUT2D eigenvalue weighted by Gasteiger charge is -2.33. The average molecular weight is 496 g/mol. The standard InChI is InChI=1S/C27H29FN4O4/c1-3-4-9-22(31(2)25(35)23(33)17-10-12-18(28)13-11-17)24(34)32-16-27(14-19(32)15-29)20-7-5-6-8-21(20)30-26(27)36/h5-8,10-13,19,22-23,33H,3-4,9,14,16H2,1-2H3,(H,30,36)/t19-,22-,23+,27-/m0/s1/i2D3. The Bertz CT molecular complexity index is 1310. The maximum absolute atomic E-state index is 14.0. The van der Waals surface area contributed by atoms with Crippen LogP contribution in [-0.4, -0.2) is 58.2 Å². The number of likely N-dealkylation sites (N-methyl/N-ethyl adjacent to an activating group) is 1. The molecular weight excluding hydrogens is 463 g/mol. The molecule has 0 aromatic heterocycles. The summed E-state index contributed by atoms with van der Waals surface area (Å²) >= 11 is 0. The van der Waals surface area contributed by atoms with E-state index in [9.17, 15) is 29.1 Å². The summed E-state index contributed by atoms with van der Waals surface area (Å²) < 4.78 is 37.7. The van der Waals surface area contributed by atoms with Crippen molar-refractivity contribution < 1.29 is 28.0 Å². The molecule has 9 heteroatoms. The number of aliphatic hydroxyl groups excluding tert-OH is 1. The lowest BCUT2D eigenvalue weighted by Crippen LogP contribution is -2.52. The number of nitrogens with zero attached hydrogens (tertiary/aromatic N) is 3. The highest BCUT2D eigenvalue weighted by molar-refractivity contribution is 6.07. The topological polar surface area (TPSA) is 114 Å². The van der Waals surface area contributed by atoms with E-state index < -0.39 is 48.2 Å². The summed E-state index contributed by atoms with van der Waals surface area (Å²) in [5, 5.41) is 23.5. The van der Waals surface area contributed by atoms with Crippen LogP contribution < -0.4 is 5.32 Å². The summed E-state index contributed by atoms with van der Waals surface area (Å²) in [6.07, 6.45) is -1.04. The van der Waals surface area contributed by atoms with Crippen LogP contribution in [0.1, 0.15) is 54.0 Å². The van der Waals surface area contributed by atoms with Gasteiger partial charge in [-0.15, -0.1) is 0 Å². The van der Waals surface area contributed by atoms with Crippen molar-refractivity contribution in [1.29, 1.82) is 5.26 Å². The third-order valence-corrected chi connectivity index (χ3v) is 7.00. The molecule has 188 valence electrons. The zero-order chi connectivity index (χ0) is 28.5. The summed E-state index contributed by atoms with van der Waals surface area (Å²) in [5.74, 6) is -3.01. The average Bonchev–Trinajstić information content (AvgIpc) is 3.43. The van der Waals surface area contributed by atoms with E-state index >= 15 is 0 Å². The number of aliphatic hydroxyl groups is 1. The Morgan fingerprint density at radius 3 is 2.72 bits per heavy atom. The van der Waals surface area contributed by atoms with E-state index in [0.717, 1.165) is 24.3 Å². The van der Waals surface area contributed by atoms with E-state index in [1.807, 2.05) is 6.92 Å². The van der Waals surface area contributed by atoms with E-state index in [4.69, 9.17) is 4.11 Å². The molecule has 8 nitrogen and oxygen atoms in total. The zero-order valence-corrected chi connectivity index (χ0v) is 19.8. The molecule has 1 spiro atoms. The fraction of sp³-hybridized carbons (Fsp3) is 0.407. The number of nitrogens with one attached hydrogen (secondary N) is 1. The van der Waals surface area contributed by atoms with E-state index in [0.29, 0.717) is 29.0 Å². The Balaban J connectivity index is 1.71. The van der Waals surface area contributed by atoms with Gasteiger partial charge in [0.2, 0.25) is 11.8 Å². The summed E-state index contributed by atoms with van der Waals surface area (Å²) in [7, 11) is 0. The van der Waals surface area contributed by atoms with Crippen molar-refractivity contribution in [2.45, 2.75) is 56.2 Å². The highest BCUT2D eigenvalue weighted by Gasteiger charge is 2.56. The molecule has 2 aromatic rings. The van der Waals surface area contributed by atoms with Crippen molar-refractivity contribution in [2.24, 2.45) is 0 Å². The van der Waals surface area contributed by atoms with Crippen LogP contribution in [0.15, 0.2) is 48.5 Å². The lowest BCUT2D eigenvalue weighted by atomic mass is 9.80. The van der Waals surface area contributed by atoms with Crippen LogP contribution in [0.2, 0.25) is 0 Å². The number of fused-ring (bicyclic) bond motifs is 2. The Morgan fingerprint density at radius 1 is 1.33 bits per heavy atom. The lowest BCUT2D eigenvalue weighted by molar-refractivity contribution is -0.150. The number of hydrogen-bond donors (Lipinski definition) is 2. The quantitative estimate of drug-likeness (QED) is 0.613. The third kappa shape index (κ3) is 4.33. The summed E-state index contributed by atoms with van der Waals surface area (Å²) in [6, 6.07) is 10.8. The van der Waals surface area contributed by atoms with Crippen LogP contribution in [0.25, 0.3) is 0 Å².